The van der Waals surface area contributed by atoms with Crippen LogP contribution < -0.4 is 24.8 Å². The maximum Gasteiger partial charge on any atom is 0.251 e. The second kappa shape index (κ2) is 13.2. The Morgan fingerprint density at radius 2 is 1.58 bits per heavy atom. The van der Waals surface area contributed by atoms with Gasteiger partial charge in [-0.1, -0.05) is 18.2 Å². The zero-order chi connectivity index (χ0) is 31.3. The Labute approximate surface area is 261 Å². The molecule has 0 radical (unpaired) electrons. The van der Waals surface area contributed by atoms with E-state index in [9.17, 15) is 9.18 Å². The first-order chi connectivity index (χ1) is 21.9. The number of amides is 1. The van der Waals surface area contributed by atoms with Gasteiger partial charge >= 0.3 is 0 Å². The third-order valence-electron chi connectivity index (χ3n) is 8.04. The minimum absolute atomic E-state index is 0.115. The summed E-state index contributed by atoms with van der Waals surface area (Å²) in [6.07, 6.45) is 2.39. The number of ether oxygens (including phenoxy) is 3. The van der Waals surface area contributed by atoms with Crippen molar-refractivity contribution in [2.75, 3.05) is 46.3 Å². The van der Waals surface area contributed by atoms with Crippen LogP contribution in [0.1, 0.15) is 21.5 Å². The molecule has 230 valence electrons. The number of fused-ring (bicyclic) bond motifs is 2. The van der Waals surface area contributed by atoms with Crippen LogP contribution in [0.15, 0.2) is 79.1 Å². The molecule has 6 rings (SSSR count). The van der Waals surface area contributed by atoms with Crippen LogP contribution in [0.2, 0.25) is 0 Å². The largest absolute Gasteiger partial charge is 0.494 e. The quantitative estimate of drug-likeness (QED) is 0.200. The van der Waals surface area contributed by atoms with E-state index in [2.05, 4.69) is 31.6 Å². The third kappa shape index (κ3) is 6.51. The molecule has 45 heavy (non-hydrogen) atoms. The molecule has 9 nitrogen and oxygen atoms in total. The number of nitrogens with zero attached hydrogens (tertiary/aromatic N) is 3. The Morgan fingerprint density at radius 3 is 2.31 bits per heavy atom. The van der Waals surface area contributed by atoms with Crippen LogP contribution in [0.25, 0.3) is 22.0 Å². The number of hydrogen-bond acceptors (Lipinski definition) is 8. The van der Waals surface area contributed by atoms with Gasteiger partial charge in [-0.2, -0.15) is 0 Å². The van der Waals surface area contributed by atoms with Gasteiger partial charge in [0.05, 0.1) is 26.8 Å². The van der Waals surface area contributed by atoms with Gasteiger partial charge in [0.25, 0.3) is 5.91 Å². The Morgan fingerprint density at radius 1 is 0.844 bits per heavy atom. The summed E-state index contributed by atoms with van der Waals surface area (Å²) in [5, 5.41) is 7.02. The van der Waals surface area contributed by atoms with E-state index in [0.29, 0.717) is 23.6 Å². The second-order valence-corrected chi connectivity index (χ2v) is 10.8. The fourth-order valence-corrected chi connectivity index (χ4v) is 5.59. The summed E-state index contributed by atoms with van der Waals surface area (Å²) in [6.45, 7) is 3.00. The van der Waals surface area contributed by atoms with Gasteiger partial charge in [0, 0.05) is 48.9 Å². The Kier molecular flexibility index (Phi) is 8.74. The van der Waals surface area contributed by atoms with Gasteiger partial charge in [0.2, 0.25) is 0 Å². The highest BCUT2D eigenvalue weighted by atomic mass is 19.1. The van der Waals surface area contributed by atoms with Crippen molar-refractivity contribution in [3.05, 3.63) is 102 Å². The number of hydrogen-bond donors (Lipinski definition) is 2. The van der Waals surface area contributed by atoms with Crippen LogP contribution in [-0.2, 0) is 13.0 Å². The van der Waals surface area contributed by atoms with Crippen LogP contribution in [0.4, 0.5) is 15.9 Å². The summed E-state index contributed by atoms with van der Waals surface area (Å²) in [5.74, 6) is 1.62. The molecule has 2 heterocycles. The normalized spacial score (nSPS) is 12.8. The highest BCUT2D eigenvalue weighted by Gasteiger charge is 2.19. The lowest BCUT2D eigenvalue weighted by molar-refractivity contribution is 0.0947. The first kappa shape index (κ1) is 29.8. The van der Waals surface area contributed by atoms with Gasteiger partial charge in [-0.25, -0.2) is 14.4 Å². The van der Waals surface area contributed by atoms with E-state index in [0.717, 1.165) is 59.6 Å². The zero-order valence-corrected chi connectivity index (χ0v) is 25.4. The molecule has 0 bridgehead atoms. The average molecular weight is 608 g/mol. The number of halogens is 1. The number of carbonyl (C=O) groups excluding carboxylic acids is 1. The highest BCUT2D eigenvalue weighted by Crippen LogP contribution is 2.33. The van der Waals surface area contributed by atoms with Crippen LogP contribution in [0.5, 0.6) is 17.2 Å². The lowest BCUT2D eigenvalue weighted by Crippen LogP contribution is -2.37. The van der Waals surface area contributed by atoms with Crippen molar-refractivity contribution in [1.82, 2.24) is 20.2 Å². The van der Waals surface area contributed by atoms with Gasteiger partial charge in [-0.3, -0.25) is 9.69 Å². The van der Waals surface area contributed by atoms with Gasteiger partial charge in [-0.05, 0) is 77.2 Å². The fraction of sp³-hybridized carbons (Fsp3) is 0.229. The molecule has 0 saturated carbocycles. The molecule has 0 unspecified atom stereocenters. The van der Waals surface area contributed by atoms with E-state index in [1.807, 2.05) is 48.5 Å². The molecule has 1 aromatic heterocycles. The lowest BCUT2D eigenvalue weighted by atomic mass is 9.99. The summed E-state index contributed by atoms with van der Waals surface area (Å²) in [5.41, 5.74) is 6.25. The van der Waals surface area contributed by atoms with Crippen LogP contribution in [0.3, 0.4) is 0 Å². The van der Waals surface area contributed by atoms with Crippen molar-refractivity contribution in [2.24, 2.45) is 0 Å². The summed E-state index contributed by atoms with van der Waals surface area (Å²) in [7, 11) is 4.72. The monoisotopic (exact) mass is 607 g/mol. The van der Waals surface area contributed by atoms with E-state index in [1.54, 1.807) is 26.4 Å². The predicted molar refractivity (Wildman–Crippen MR) is 172 cm³/mol. The lowest BCUT2D eigenvalue weighted by Gasteiger charge is -2.29. The molecular formula is C35H34FN5O4. The van der Waals surface area contributed by atoms with Crippen LogP contribution in [-0.4, -0.2) is 61.7 Å². The number of carbonyl (C=O) groups is 1. The first-order valence-corrected chi connectivity index (χ1v) is 14.7. The minimum atomic E-state index is -0.467. The molecule has 0 aliphatic carbocycles. The number of aromatic nitrogens is 2. The van der Waals surface area contributed by atoms with Crippen molar-refractivity contribution < 1.29 is 23.4 Å². The molecule has 1 aliphatic rings. The number of methoxy groups -OCH3 is 3. The molecule has 0 spiro atoms. The van der Waals surface area contributed by atoms with Crippen molar-refractivity contribution in [2.45, 2.75) is 13.0 Å². The molecule has 1 aliphatic heterocycles. The average Bonchev–Trinajstić information content (AvgIpc) is 3.07. The predicted octanol–water partition coefficient (Wildman–Crippen LogP) is 5.99. The molecule has 0 fully saturated rings. The van der Waals surface area contributed by atoms with Gasteiger partial charge in [0.1, 0.15) is 12.1 Å². The number of anilines is 2. The molecule has 0 saturated heterocycles. The SMILES string of the molecule is COc1ccc(Nc2ncnc3ccc(-c4ccc(C(=O)NCCN5CCc6cc(OC)c(OC)cc6C5)cc4)cc23)cc1F. The summed E-state index contributed by atoms with van der Waals surface area (Å²) < 4.78 is 30.2. The molecular weight excluding hydrogens is 573 g/mol. The Balaban J connectivity index is 1.09. The maximum atomic E-state index is 14.3. The number of rotatable bonds is 10. The van der Waals surface area contributed by atoms with Gasteiger partial charge < -0.3 is 24.8 Å². The van der Waals surface area contributed by atoms with Crippen LogP contribution in [0, 0.1) is 5.82 Å². The third-order valence-corrected chi connectivity index (χ3v) is 8.04. The highest BCUT2D eigenvalue weighted by molar-refractivity contribution is 5.96. The fourth-order valence-electron chi connectivity index (χ4n) is 5.59. The minimum Gasteiger partial charge on any atom is -0.494 e. The van der Waals surface area contributed by atoms with E-state index >= 15 is 0 Å². The van der Waals surface area contributed by atoms with Gasteiger partial charge in [0.15, 0.2) is 23.1 Å². The molecule has 2 N–H and O–H groups in total. The summed E-state index contributed by atoms with van der Waals surface area (Å²) in [6, 6.07) is 22.1. The maximum absolute atomic E-state index is 14.3. The topological polar surface area (TPSA) is 97.8 Å². The smallest absolute Gasteiger partial charge is 0.251 e. The standard InChI is InChI=1S/C35H34FN5O4/c1-43-31-11-9-27(19-29(31)36)40-34-28-16-24(8-10-30(28)38-21-39-34)22-4-6-23(7-5-22)35(42)37-13-15-41-14-12-25-17-32(44-2)33(45-3)18-26(25)20-41/h4-11,16-19,21H,12-15,20H2,1-3H3,(H,37,42)(H,38,39,40). The van der Waals surface area contributed by atoms with E-state index in [1.165, 1.54) is 30.6 Å². The Hall–Kier alpha value is -5.22. The van der Waals surface area contributed by atoms with Gasteiger partial charge in [-0.15, -0.1) is 0 Å². The van der Waals surface area contributed by atoms with Crippen molar-refractivity contribution in [1.29, 1.82) is 0 Å². The molecule has 10 heteroatoms. The van der Waals surface area contributed by atoms with E-state index in [4.69, 9.17) is 14.2 Å². The molecule has 1 amide bonds. The number of nitrogens with one attached hydrogen (secondary N) is 2. The first-order valence-electron chi connectivity index (χ1n) is 14.7. The molecule has 0 atom stereocenters. The molecule has 4 aromatic carbocycles. The van der Waals surface area contributed by atoms with E-state index in [-0.39, 0.29) is 11.7 Å². The molecule has 5 aromatic rings. The van der Waals surface area contributed by atoms with Crippen molar-refractivity contribution in [3.63, 3.8) is 0 Å². The van der Waals surface area contributed by atoms with Crippen molar-refractivity contribution >= 4 is 28.3 Å². The second-order valence-electron chi connectivity index (χ2n) is 10.8. The van der Waals surface area contributed by atoms with Crippen molar-refractivity contribution in [3.8, 4) is 28.4 Å². The number of benzene rings is 4. The summed E-state index contributed by atoms with van der Waals surface area (Å²) in [4.78, 5) is 24.0. The Bertz CT molecular complexity index is 1850. The summed E-state index contributed by atoms with van der Waals surface area (Å²) >= 11 is 0. The zero-order valence-electron chi connectivity index (χ0n) is 25.4. The van der Waals surface area contributed by atoms with E-state index < -0.39 is 5.82 Å². The van der Waals surface area contributed by atoms with Crippen LogP contribution >= 0.6 is 0 Å².